The highest BCUT2D eigenvalue weighted by atomic mass is 16.4. The van der Waals surface area contributed by atoms with E-state index in [1.165, 1.54) is 0 Å². The maximum atomic E-state index is 11.4. The summed E-state index contributed by atoms with van der Waals surface area (Å²) in [5.74, 6) is -0.0840. The van der Waals surface area contributed by atoms with E-state index in [9.17, 15) is 9.90 Å². The van der Waals surface area contributed by atoms with Crippen LogP contribution in [0.25, 0.3) is 0 Å². The Morgan fingerprint density at radius 1 is 1.45 bits per heavy atom. The number of aliphatic imine (C=N–C) groups is 1. The Balaban J connectivity index is 2.54. The predicted octanol–water partition coefficient (Wildman–Crippen LogP) is 2.97. The molecule has 0 fully saturated rings. The van der Waals surface area contributed by atoms with Crippen molar-refractivity contribution < 1.29 is 9.90 Å². The molecule has 0 aliphatic carbocycles. The zero-order valence-electron chi connectivity index (χ0n) is 12.3. The Hall–Kier alpha value is -2.10. The first kappa shape index (κ1) is 14.3. The summed E-state index contributed by atoms with van der Waals surface area (Å²) in [5, 5.41) is 12.5. The van der Waals surface area contributed by atoms with Gasteiger partial charge in [-0.05, 0) is 25.8 Å². The molecule has 2 rings (SSSR count). The molecule has 4 nitrogen and oxygen atoms in total. The van der Waals surface area contributed by atoms with Gasteiger partial charge in [0.2, 0.25) is 0 Å². The average Bonchev–Trinajstić information content (AvgIpc) is 2.66. The van der Waals surface area contributed by atoms with E-state index in [4.69, 9.17) is 0 Å². The third kappa shape index (κ3) is 2.22. The molecule has 20 heavy (non-hydrogen) atoms. The quantitative estimate of drug-likeness (QED) is 0.889. The van der Waals surface area contributed by atoms with Crippen LogP contribution in [-0.2, 0) is 0 Å². The summed E-state index contributed by atoms with van der Waals surface area (Å²) in [7, 11) is 0. The fourth-order valence-electron chi connectivity index (χ4n) is 2.24. The van der Waals surface area contributed by atoms with E-state index in [0.29, 0.717) is 11.4 Å². The van der Waals surface area contributed by atoms with E-state index in [-0.39, 0.29) is 11.5 Å². The fraction of sp³-hybridized carbons (Fsp3) is 0.375. The Kier molecular flexibility index (Phi) is 3.42. The number of benzene rings is 1. The fourth-order valence-corrected chi connectivity index (χ4v) is 2.24. The largest absolute Gasteiger partial charge is 0.478 e. The summed E-state index contributed by atoms with van der Waals surface area (Å²) in [6, 6.07) is 5.35. The van der Waals surface area contributed by atoms with Gasteiger partial charge in [-0.25, -0.2) is 4.79 Å². The van der Waals surface area contributed by atoms with E-state index in [1.54, 1.807) is 12.1 Å². The molecule has 1 aromatic rings. The van der Waals surface area contributed by atoms with Crippen LogP contribution in [0, 0.1) is 12.8 Å². The van der Waals surface area contributed by atoms with Gasteiger partial charge >= 0.3 is 5.97 Å². The monoisotopic (exact) mass is 272 g/mol. The molecule has 2 N–H and O–H groups in total. The van der Waals surface area contributed by atoms with Gasteiger partial charge < -0.3 is 10.4 Å². The lowest BCUT2D eigenvalue weighted by atomic mass is 9.87. The molecule has 1 aliphatic heterocycles. The summed E-state index contributed by atoms with van der Waals surface area (Å²) in [5.41, 5.74) is 2.18. The Bertz CT molecular complexity index is 617. The smallest absolute Gasteiger partial charge is 0.336 e. The molecule has 0 bridgehead atoms. The van der Waals surface area contributed by atoms with Gasteiger partial charge in [0.25, 0.3) is 0 Å². The summed E-state index contributed by atoms with van der Waals surface area (Å²) in [4.78, 5) is 16.1. The van der Waals surface area contributed by atoms with Gasteiger partial charge in [0.15, 0.2) is 0 Å². The van der Waals surface area contributed by atoms with Crippen molar-refractivity contribution in [2.45, 2.75) is 33.2 Å². The van der Waals surface area contributed by atoms with Crippen molar-refractivity contribution in [3.63, 3.8) is 0 Å². The average molecular weight is 272 g/mol. The number of aromatic carboxylic acids is 1. The number of aryl methyl sites for hydroxylation is 1. The molecule has 0 saturated carbocycles. The van der Waals surface area contributed by atoms with Crippen LogP contribution in [0.3, 0.4) is 0 Å². The Morgan fingerprint density at radius 2 is 2.10 bits per heavy atom. The van der Waals surface area contributed by atoms with Crippen LogP contribution in [0.5, 0.6) is 0 Å². The molecular weight excluding hydrogens is 252 g/mol. The van der Waals surface area contributed by atoms with Crippen molar-refractivity contribution in [3.8, 4) is 0 Å². The zero-order valence-corrected chi connectivity index (χ0v) is 12.3. The minimum atomic E-state index is -0.947. The van der Waals surface area contributed by atoms with Gasteiger partial charge in [0.05, 0.1) is 5.56 Å². The number of hydrogen-bond donors (Lipinski definition) is 2. The number of amidine groups is 1. The van der Waals surface area contributed by atoms with Gasteiger partial charge in [0.1, 0.15) is 11.4 Å². The molecule has 4 heteroatoms. The summed E-state index contributed by atoms with van der Waals surface area (Å²) in [6.45, 7) is 12.1. The molecular formula is C16H20N2O2. The van der Waals surface area contributed by atoms with Gasteiger partial charge in [0, 0.05) is 11.3 Å². The number of carbonyl (C=O) groups is 1. The number of carboxylic acids is 1. The van der Waals surface area contributed by atoms with E-state index in [1.807, 2.05) is 19.9 Å². The van der Waals surface area contributed by atoms with Crippen LogP contribution in [0.1, 0.15) is 42.3 Å². The second kappa shape index (κ2) is 4.78. The third-order valence-electron chi connectivity index (χ3n) is 4.01. The van der Waals surface area contributed by atoms with Crippen molar-refractivity contribution >= 4 is 11.8 Å². The van der Waals surface area contributed by atoms with Crippen molar-refractivity contribution in [3.05, 3.63) is 47.2 Å². The number of nitrogens with zero attached hydrogens (tertiary/aromatic N) is 1. The predicted molar refractivity (Wildman–Crippen MR) is 80.2 cm³/mol. The SMILES string of the molecule is C=C1NC(c2ccc(C)cc2C(=O)O)=NC1(C)C(C)C. The first-order valence-corrected chi connectivity index (χ1v) is 6.66. The van der Waals surface area contributed by atoms with E-state index in [2.05, 4.69) is 30.7 Å². The molecule has 0 spiro atoms. The Labute approximate surface area is 119 Å². The standard InChI is InChI=1S/C16H20N2O2/c1-9(2)16(5)11(4)17-14(18-16)12-7-6-10(3)8-13(12)15(19)20/h6-9H,4H2,1-3,5H3,(H,17,18)(H,19,20). The highest BCUT2D eigenvalue weighted by molar-refractivity contribution is 6.09. The lowest BCUT2D eigenvalue weighted by molar-refractivity contribution is 0.0696. The first-order chi connectivity index (χ1) is 9.25. The topological polar surface area (TPSA) is 61.7 Å². The summed E-state index contributed by atoms with van der Waals surface area (Å²) < 4.78 is 0. The maximum Gasteiger partial charge on any atom is 0.336 e. The molecule has 106 valence electrons. The van der Waals surface area contributed by atoms with Crippen LogP contribution in [-0.4, -0.2) is 22.5 Å². The highest BCUT2D eigenvalue weighted by Gasteiger charge is 2.37. The number of carboxylic acid groups (broad SMARTS) is 1. The molecule has 0 aromatic heterocycles. The van der Waals surface area contributed by atoms with Gasteiger partial charge in [-0.1, -0.05) is 38.1 Å². The molecule has 1 unspecified atom stereocenters. The van der Waals surface area contributed by atoms with E-state index < -0.39 is 11.5 Å². The molecule has 1 aromatic carbocycles. The third-order valence-corrected chi connectivity index (χ3v) is 4.01. The first-order valence-electron chi connectivity index (χ1n) is 6.66. The second-order valence-corrected chi connectivity index (χ2v) is 5.72. The second-order valence-electron chi connectivity index (χ2n) is 5.72. The molecule has 1 heterocycles. The molecule has 0 saturated heterocycles. The summed E-state index contributed by atoms with van der Waals surface area (Å²) in [6.07, 6.45) is 0. The van der Waals surface area contributed by atoms with Crippen molar-refractivity contribution in [2.24, 2.45) is 10.9 Å². The molecule has 0 amide bonds. The lowest BCUT2D eigenvalue weighted by Gasteiger charge is -2.25. The summed E-state index contributed by atoms with van der Waals surface area (Å²) >= 11 is 0. The highest BCUT2D eigenvalue weighted by Crippen LogP contribution is 2.33. The van der Waals surface area contributed by atoms with E-state index >= 15 is 0 Å². The Morgan fingerprint density at radius 3 is 2.60 bits per heavy atom. The van der Waals surface area contributed by atoms with Crippen molar-refractivity contribution in [1.29, 1.82) is 0 Å². The lowest BCUT2D eigenvalue weighted by Crippen LogP contribution is -2.31. The van der Waals surface area contributed by atoms with Gasteiger partial charge in [-0.15, -0.1) is 0 Å². The van der Waals surface area contributed by atoms with E-state index in [0.717, 1.165) is 11.3 Å². The molecule has 1 atom stereocenters. The van der Waals surface area contributed by atoms with Crippen molar-refractivity contribution in [2.75, 3.05) is 0 Å². The number of nitrogens with one attached hydrogen (secondary N) is 1. The number of hydrogen-bond acceptors (Lipinski definition) is 3. The van der Waals surface area contributed by atoms with Gasteiger partial charge in [-0.3, -0.25) is 4.99 Å². The van der Waals surface area contributed by atoms with Crippen LogP contribution in [0.15, 0.2) is 35.5 Å². The minimum absolute atomic E-state index is 0.261. The normalized spacial score (nSPS) is 21.9. The zero-order chi connectivity index (χ0) is 15.1. The van der Waals surface area contributed by atoms with Crippen molar-refractivity contribution in [1.82, 2.24) is 5.32 Å². The molecule has 0 radical (unpaired) electrons. The van der Waals surface area contributed by atoms with Crippen LogP contribution < -0.4 is 5.32 Å². The van der Waals surface area contributed by atoms with Gasteiger partial charge in [-0.2, -0.15) is 0 Å². The van der Waals surface area contributed by atoms with Crippen LogP contribution in [0.2, 0.25) is 0 Å². The number of rotatable bonds is 3. The molecule has 1 aliphatic rings. The van der Waals surface area contributed by atoms with Crippen LogP contribution in [0.4, 0.5) is 0 Å². The van der Waals surface area contributed by atoms with Crippen LogP contribution >= 0.6 is 0 Å². The minimum Gasteiger partial charge on any atom is -0.478 e. The maximum absolute atomic E-state index is 11.4.